The molecule has 144 valence electrons. The number of hydrogen-bond acceptors (Lipinski definition) is 3. The zero-order valence-electron chi connectivity index (χ0n) is 15.3. The van der Waals surface area contributed by atoms with Crippen LogP contribution < -0.4 is 10.6 Å². The van der Waals surface area contributed by atoms with Crippen molar-refractivity contribution in [3.05, 3.63) is 74.0 Å². The second kappa shape index (κ2) is 9.07. The topological polar surface area (TPSA) is 54.3 Å². The summed E-state index contributed by atoms with van der Waals surface area (Å²) in [5.74, 6) is 0.330. The van der Waals surface area contributed by atoms with E-state index in [9.17, 15) is 4.79 Å². The molecule has 28 heavy (non-hydrogen) atoms. The minimum atomic E-state index is -0.412. The van der Waals surface area contributed by atoms with Crippen molar-refractivity contribution in [1.29, 1.82) is 0 Å². The SMILES string of the molecule is CCc1cc(I)ccc1NC(=S)NC(=O)c1ccc(-c2ccc(C)c(Cl)c2)o1. The molecule has 0 atom stereocenters. The fourth-order valence-electron chi connectivity index (χ4n) is 2.66. The maximum atomic E-state index is 12.5. The number of rotatable bonds is 4. The average molecular weight is 525 g/mol. The number of carbonyl (C=O) groups is 1. The lowest BCUT2D eigenvalue weighted by molar-refractivity contribution is 0.0951. The monoisotopic (exact) mass is 524 g/mol. The molecule has 2 N–H and O–H groups in total. The van der Waals surface area contributed by atoms with Gasteiger partial charge in [-0.3, -0.25) is 10.1 Å². The Morgan fingerprint density at radius 1 is 1.18 bits per heavy atom. The van der Waals surface area contributed by atoms with E-state index in [1.807, 2.05) is 37.3 Å². The number of aryl methyl sites for hydroxylation is 2. The molecule has 0 saturated heterocycles. The van der Waals surface area contributed by atoms with E-state index in [-0.39, 0.29) is 10.9 Å². The van der Waals surface area contributed by atoms with Crippen molar-refractivity contribution in [2.75, 3.05) is 5.32 Å². The lowest BCUT2D eigenvalue weighted by atomic mass is 10.1. The molecule has 3 rings (SSSR count). The van der Waals surface area contributed by atoms with Crippen LogP contribution in [0, 0.1) is 10.5 Å². The van der Waals surface area contributed by atoms with Crippen LogP contribution in [0.4, 0.5) is 5.69 Å². The second-order valence-corrected chi connectivity index (χ2v) is 8.25. The Bertz CT molecular complexity index is 1050. The van der Waals surface area contributed by atoms with E-state index in [2.05, 4.69) is 46.2 Å². The van der Waals surface area contributed by atoms with Gasteiger partial charge in [0, 0.05) is 19.8 Å². The number of thiocarbonyl (C=S) groups is 1. The van der Waals surface area contributed by atoms with Gasteiger partial charge in [-0.15, -0.1) is 0 Å². The van der Waals surface area contributed by atoms with Gasteiger partial charge in [0.15, 0.2) is 10.9 Å². The van der Waals surface area contributed by atoms with Crippen LogP contribution in [0.5, 0.6) is 0 Å². The first-order chi connectivity index (χ1) is 13.4. The van der Waals surface area contributed by atoms with Gasteiger partial charge in [0.2, 0.25) is 0 Å². The smallest absolute Gasteiger partial charge is 0.293 e. The number of halogens is 2. The largest absolute Gasteiger partial charge is 0.451 e. The molecule has 1 aromatic heterocycles. The molecule has 1 amide bonds. The van der Waals surface area contributed by atoms with E-state index in [0.717, 1.165) is 32.4 Å². The molecule has 1 heterocycles. The van der Waals surface area contributed by atoms with Gasteiger partial charge >= 0.3 is 0 Å². The van der Waals surface area contributed by atoms with E-state index in [1.54, 1.807) is 12.1 Å². The third-order valence-corrected chi connectivity index (χ3v) is 5.49. The molecule has 0 bridgehead atoms. The first kappa shape index (κ1) is 20.8. The Balaban J connectivity index is 1.69. The third-order valence-electron chi connectivity index (χ3n) is 4.21. The highest BCUT2D eigenvalue weighted by Gasteiger charge is 2.15. The van der Waals surface area contributed by atoms with Crippen molar-refractivity contribution in [3.63, 3.8) is 0 Å². The van der Waals surface area contributed by atoms with E-state index >= 15 is 0 Å². The standard InChI is InChI=1S/C21H18ClIN2O2S/c1-3-13-10-15(23)6-7-17(13)24-21(28)25-20(26)19-9-8-18(27-19)14-5-4-12(2)16(22)11-14/h4-11H,3H2,1-2H3,(H2,24,25,26,28). The molecular weight excluding hydrogens is 507 g/mol. The second-order valence-electron chi connectivity index (χ2n) is 6.19. The minimum absolute atomic E-state index is 0.175. The molecule has 7 heteroatoms. The Morgan fingerprint density at radius 3 is 2.68 bits per heavy atom. The Morgan fingerprint density at radius 2 is 1.96 bits per heavy atom. The average Bonchev–Trinajstić information content (AvgIpc) is 3.15. The Labute approximate surface area is 187 Å². The van der Waals surface area contributed by atoms with Gasteiger partial charge < -0.3 is 9.73 Å². The lowest BCUT2D eigenvalue weighted by Gasteiger charge is -2.12. The molecule has 4 nitrogen and oxygen atoms in total. The van der Waals surface area contributed by atoms with Gasteiger partial charge in [-0.1, -0.05) is 30.7 Å². The maximum absolute atomic E-state index is 12.5. The van der Waals surface area contributed by atoms with Gasteiger partial charge in [0.1, 0.15) is 5.76 Å². The van der Waals surface area contributed by atoms with Crippen molar-refractivity contribution in [2.45, 2.75) is 20.3 Å². The molecule has 0 spiro atoms. The molecule has 2 aromatic carbocycles. The minimum Gasteiger partial charge on any atom is -0.451 e. The van der Waals surface area contributed by atoms with Crippen molar-refractivity contribution in [1.82, 2.24) is 5.32 Å². The predicted molar refractivity (Wildman–Crippen MR) is 126 cm³/mol. The summed E-state index contributed by atoms with van der Waals surface area (Å²) >= 11 is 13.7. The summed E-state index contributed by atoms with van der Waals surface area (Å²) in [6.45, 7) is 4.00. The van der Waals surface area contributed by atoms with Crippen LogP contribution in [-0.2, 0) is 6.42 Å². The van der Waals surface area contributed by atoms with Gasteiger partial charge in [0.25, 0.3) is 5.91 Å². The highest BCUT2D eigenvalue weighted by Crippen LogP contribution is 2.27. The van der Waals surface area contributed by atoms with Crippen molar-refractivity contribution in [3.8, 4) is 11.3 Å². The van der Waals surface area contributed by atoms with Crippen LogP contribution in [0.25, 0.3) is 11.3 Å². The summed E-state index contributed by atoms with van der Waals surface area (Å²) < 4.78 is 6.83. The van der Waals surface area contributed by atoms with Crippen molar-refractivity contribution in [2.24, 2.45) is 0 Å². The van der Waals surface area contributed by atoms with Crippen LogP contribution in [0.3, 0.4) is 0 Å². The lowest BCUT2D eigenvalue weighted by Crippen LogP contribution is -2.34. The molecule has 0 radical (unpaired) electrons. The van der Waals surface area contributed by atoms with Crippen LogP contribution in [0.1, 0.15) is 28.6 Å². The summed E-state index contributed by atoms with van der Waals surface area (Å²) in [5, 5.41) is 6.60. The molecule has 0 aliphatic carbocycles. The Kier molecular flexibility index (Phi) is 6.74. The number of furan rings is 1. The summed E-state index contributed by atoms with van der Waals surface area (Å²) in [4.78, 5) is 12.5. The van der Waals surface area contributed by atoms with Gasteiger partial charge in [0.05, 0.1) is 0 Å². The highest BCUT2D eigenvalue weighted by atomic mass is 127. The molecule has 0 fully saturated rings. The zero-order chi connectivity index (χ0) is 20.3. The number of amides is 1. The van der Waals surface area contributed by atoms with Crippen molar-refractivity contribution < 1.29 is 9.21 Å². The molecular formula is C21H18ClIN2O2S. The quantitative estimate of drug-likeness (QED) is 0.315. The highest BCUT2D eigenvalue weighted by molar-refractivity contribution is 14.1. The normalized spacial score (nSPS) is 10.6. The van der Waals surface area contributed by atoms with Gasteiger partial charge in [-0.05, 0) is 95.7 Å². The fraction of sp³-hybridized carbons (Fsp3) is 0.143. The number of anilines is 1. The van der Waals surface area contributed by atoms with E-state index in [0.29, 0.717) is 10.8 Å². The van der Waals surface area contributed by atoms with E-state index in [4.69, 9.17) is 28.2 Å². The number of benzene rings is 2. The summed E-state index contributed by atoms with van der Waals surface area (Å²) in [6, 6.07) is 15.0. The molecule has 3 aromatic rings. The summed E-state index contributed by atoms with van der Waals surface area (Å²) in [7, 11) is 0. The fourth-order valence-corrected chi connectivity index (χ4v) is 3.60. The summed E-state index contributed by atoms with van der Waals surface area (Å²) in [5.41, 5.74) is 3.79. The number of carbonyl (C=O) groups excluding carboxylic acids is 1. The van der Waals surface area contributed by atoms with Crippen molar-refractivity contribution >= 4 is 63.1 Å². The van der Waals surface area contributed by atoms with Crippen LogP contribution in [-0.4, -0.2) is 11.0 Å². The van der Waals surface area contributed by atoms with Gasteiger partial charge in [-0.25, -0.2) is 0 Å². The Hall–Kier alpha value is -1.90. The van der Waals surface area contributed by atoms with E-state index in [1.165, 1.54) is 0 Å². The zero-order valence-corrected chi connectivity index (χ0v) is 19.0. The first-order valence-corrected chi connectivity index (χ1v) is 10.5. The number of nitrogens with one attached hydrogen (secondary N) is 2. The summed E-state index contributed by atoms with van der Waals surface area (Å²) in [6.07, 6.45) is 0.858. The first-order valence-electron chi connectivity index (χ1n) is 8.64. The van der Waals surface area contributed by atoms with Crippen LogP contribution in [0.15, 0.2) is 52.9 Å². The maximum Gasteiger partial charge on any atom is 0.293 e. The third kappa shape index (κ3) is 4.92. The predicted octanol–water partition coefficient (Wildman–Crippen LogP) is 6.20. The van der Waals surface area contributed by atoms with Gasteiger partial charge in [-0.2, -0.15) is 0 Å². The van der Waals surface area contributed by atoms with Crippen LogP contribution in [0.2, 0.25) is 5.02 Å². The molecule has 0 saturated carbocycles. The molecule has 0 aliphatic rings. The molecule has 0 unspecified atom stereocenters. The molecule has 0 aliphatic heterocycles. The van der Waals surface area contributed by atoms with Crippen LogP contribution >= 0.6 is 46.4 Å². The number of hydrogen-bond donors (Lipinski definition) is 2. The van der Waals surface area contributed by atoms with E-state index < -0.39 is 5.91 Å².